The number of hydrogen-bond acceptors (Lipinski definition) is 2. The van der Waals surface area contributed by atoms with Crippen molar-refractivity contribution in [2.24, 2.45) is 0 Å². The number of hydrogen-bond donors (Lipinski definition) is 0. The van der Waals surface area contributed by atoms with Gasteiger partial charge in [0.15, 0.2) is 5.71 Å². The molecule has 7 aromatic rings. The lowest BCUT2D eigenvalue weighted by atomic mass is 9.45. The summed E-state index contributed by atoms with van der Waals surface area (Å²) in [4.78, 5) is 2.59. The van der Waals surface area contributed by atoms with Crippen molar-refractivity contribution in [3.8, 4) is 11.1 Å². The van der Waals surface area contributed by atoms with Crippen LogP contribution in [0.4, 0.5) is 17.1 Å². The van der Waals surface area contributed by atoms with Crippen LogP contribution >= 0.6 is 0 Å². The zero-order chi connectivity index (χ0) is 26.5. The molecule has 0 bridgehead atoms. The number of fused-ring (bicyclic) bond motifs is 11. The van der Waals surface area contributed by atoms with E-state index < -0.39 is 8.07 Å². The van der Waals surface area contributed by atoms with E-state index in [1.54, 1.807) is 0 Å². The average molecular weight is 528 g/mol. The predicted octanol–water partition coefficient (Wildman–Crippen LogP) is 6.40. The molecule has 0 spiro atoms. The van der Waals surface area contributed by atoms with E-state index in [0.717, 1.165) is 11.3 Å². The van der Waals surface area contributed by atoms with E-state index in [2.05, 4.69) is 126 Å². The van der Waals surface area contributed by atoms with Crippen molar-refractivity contribution in [1.29, 1.82) is 0 Å². The molecule has 5 aromatic carbocycles. The molecule has 2 aromatic heterocycles. The zero-order valence-corrected chi connectivity index (χ0v) is 23.6. The number of para-hydroxylation sites is 4. The molecule has 188 valence electrons. The Kier molecular flexibility index (Phi) is 3.63. The predicted molar refractivity (Wildman–Crippen MR) is 171 cm³/mol. The van der Waals surface area contributed by atoms with Gasteiger partial charge in [-0.25, -0.2) is 0 Å². The topological polar surface area (TPSA) is 21.3 Å². The monoisotopic (exact) mass is 528 g/mol. The first-order chi connectivity index (χ1) is 19.5. The summed E-state index contributed by atoms with van der Waals surface area (Å²) in [6.07, 6.45) is 0. The summed E-state index contributed by atoms with van der Waals surface area (Å²) in [6, 6.07) is 36.3. The molecule has 40 heavy (non-hydrogen) atoms. The first-order valence-electron chi connectivity index (χ1n) is 14.2. The number of aromatic nitrogens is 1. The van der Waals surface area contributed by atoms with Crippen LogP contribution < -0.4 is 26.2 Å². The fraction of sp³-hybridized carbons (Fsp3) is 0.0857. The minimum Gasteiger partial charge on any atom is -0.441 e. The molecule has 10 rings (SSSR count). The molecular weight excluding hydrogens is 503 g/mol. The zero-order valence-electron chi connectivity index (χ0n) is 22.6. The van der Waals surface area contributed by atoms with Crippen LogP contribution in [0.15, 0.2) is 101 Å². The Labute approximate surface area is 233 Å². The summed E-state index contributed by atoms with van der Waals surface area (Å²) < 4.78 is 9.28. The lowest BCUT2D eigenvalue weighted by Crippen LogP contribution is -2.65. The molecular formula is C35H25BN2OSi. The van der Waals surface area contributed by atoms with Gasteiger partial charge in [0, 0.05) is 38.9 Å². The summed E-state index contributed by atoms with van der Waals surface area (Å²) in [5.41, 5.74) is 13.9. The largest absolute Gasteiger partial charge is 0.441 e. The Bertz CT molecular complexity index is 2290. The molecule has 3 aliphatic heterocycles. The van der Waals surface area contributed by atoms with Crippen LogP contribution in [0.1, 0.15) is 5.56 Å². The van der Waals surface area contributed by atoms with Gasteiger partial charge in [-0.05, 0) is 57.5 Å². The van der Waals surface area contributed by atoms with Crippen LogP contribution in [0.5, 0.6) is 0 Å². The molecule has 5 heterocycles. The minimum absolute atomic E-state index is 0.0438. The maximum atomic E-state index is 6.75. The van der Waals surface area contributed by atoms with Crippen molar-refractivity contribution < 1.29 is 4.42 Å². The Morgan fingerprint density at radius 1 is 0.725 bits per heavy atom. The fourth-order valence-corrected chi connectivity index (χ4v) is 11.2. The Morgan fingerprint density at radius 3 is 2.42 bits per heavy atom. The average Bonchev–Trinajstić information content (AvgIpc) is 3.50. The van der Waals surface area contributed by atoms with Crippen molar-refractivity contribution in [2.75, 3.05) is 4.90 Å². The van der Waals surface area contributed by atoms with Crippen LogP contribution in [0, 0.1) is 6.92 Å². The molecule has 0 saturated carbocycles. The Hall–Kier alpha value is -4.48. The van der Waals surface area contributed by atoms with Gasteiger partial charge in [-0.2, -0.15) is 0 Å². The SMILES string of the molecule is Cc1cc2c3c(c1)N1c4ccccc4[Si](C)(C)c4cccc(c41)B3n1c3oc4ccccc4c3c3cccc-2c31. The van der Waals surface area contributed by atoms with Gasteiger partial charge >= 0.3 is 6.85 Å². The maximum absolute atomic E-state index is 6.75. The lowest BCUT2D eigenvalue weighted by Gasteiger charge is -2.47. The highest BCUT2D eigenvalue weighted by Crippen LogP contribution is 2.47. The van der Waals surface area contributed by atoms with Crippen molar-refractivity contribution in [3.05, 3.63) is 103 Å². The smallest absolute Gasteiger partial charge is 0.336 e. The third-order valence-electron chi connectivity index (χ3n) is 9.78. The van der Waals surface area contributed by atoms with Gasteiger partial charge < -0.3 is 13.8 Å². The van der Waals surface area contributed by atoms with Crippen molar-refractivity contribution in [3.63, 3.8) is 0 Å². The molecule has 0 saturated heterocycles. The second kappa shape index (κ2) is 6.80. The summed E-state index contributed by atoms with van der Waals surface area (Å²) in [6.45, 7) is 7.31. The van der Waals surface area contributed by atoms with Crippen molar-refractivity contribution >= 4 is 86.3 Å². The lowest BCUT2D eigenvalue weighted by molar-refractivity contribution is 0.651. The first kappa shape index (κ1) is 21.4. The number of rotatable bonds is 0. The van der Waals surface area contributed by atoms with Crippen LogP contribution in [0.2, 0.25) is 13.1 Å². The van der Waals surface area contributed by atoms with Crippen molar-refractivity contribution in [1.82, 2.24) is 4.48 Å². The minimum atomic E-state index is -1.93. The maximum Gasteiger partial charge on any atom is 0.336 e. The number of anilines is 3. The van der Waals surface area contributed by atoms with Crippen molar-refractivity contribution in [2.45, 2.75) is 20.0 Å². The quantitative estimate of drug-likeness (QED) is 0.213. The Balaban J connectivity index is 1.44. The normalized spacial score (nSPS) is 15.5. The molecule has 3 nitrogen and oxygen atoms in total. The first-order valence-corrected chi connectivity index (χ1v) is 17.2. The summed E-state index contributed by atoms with van der Waals surface area (Å²) >= 11 is 0. The van der Waals surface area contributed by atoms with Gasteiger partial charge in [-0.1, -0.05) is 92.0 Å². The van der Waals surface area contributed by atoms with E-state index in [0.29, 0.717) is 0 Å². The standard InChI is InChI=1S/C35H25BN2OSi/c1-20-18-24-21-11-8-12-23-31-22-10-4-6-15-28(22)39-35(31)38(33(21)23)36-25-13-9-17-30-34(25)37(27(19-20)32(24)36)26-14-5-7-16-29(26)40(30,2)3/h4-19H,1-3H3. The highest BCUT2D eigenvalue weighted by molar-refractivity contribution is 7.04. The molecule has 0 fully saturated rings. The summed E-state index contributed by atoms with van der Waals surface area (Å²) in [5, 5.41) is 6.72. The van der Waals surface area contributed by atoms with Gasteiger partial charge in [0.25, 0.3) is 0 Å². The second-order valence-corrected chi connectivity index (χ2v) is 16.5. The molecule has 0 amide bonds. The third kappa shape index (κ3) is 2.25. The molecule has 0 aliphatic carbocycles. The number of nitrogens with zero attached hydrogens (tertiary/aromatic N) is 2. The number of benzene rings is 5. The van der Waals surface area contributed by atoms with Crippen LogP contribution in [-0.2, 0) is 0 Å². The van der Waals surface area contributed by atoms with E-state index in [-0.39, 0.29) is 6.85 Å². The van der Waals surface area contributed by atoms with E-state index in [1.165, 1.54) is 76.7 Å². The molecule has 0 radical (unpaired) electrons. The third-order valence-corrected chi connectivity index (χ3v) is 13.3. The van der Waals surface area contributed by atoms with Crippen LogP contribution in [0.25, 0.3) is 44.1 Å². The van der Waals surface area contributed by atoms with E-state index >= 15 is 0 Å². The van der Waals surface area contributed by atoms with Crippen LogP contribution in [-0.4, -0.2) is 19.4 Å². The van der Waals surface area contributed by atoms with E-state index in [9.17, 15) is 0 Å². The highest BCUT2D eigenvalue weighted by Gasteiger charge is 2.48. The van der Waals surface area contributed by atoms with Gasteiger partial charge in [0.2, 0.25) is 0 Å². The second-order valence-electron chi connectivity index (χ2n) is 12.2. The molecule has 0 unspecified atom stereocenters. The van der Waals surface area contributed by atoms with Gasteiger partial charge in [-0.15, -0.1) is 0 Å². The fourth-order valence-electron chi connectivity index (χ4n) is 8.18. The Morgan fingerprint density at radius 2 is 1.50 bits per heavy atom. The van der Waals surface area contributed by atoms with Crippen LogP contribution in [0.3, 0.4) is 0 Å². The van der Waals surface area contributed by atoms with Gasteiger partial charge in [-0.3, -0.25) is 0 Å². The molecule has 0 atom stereocenters. The highest BCUT2D eigenvalue weighted by atomic mass is 28.3. The summed E-state index contributed by atoms with van der Waals surface area (Å²) in [5.74, 6) is 0. The number of aryl methyl sites for hydroxylation is 1. The van der Waals surface area contributed by atoms with E-state index in [1.807, 2.05) is 0 Å². The summed E-state index contributed by atoms with van der Waals surface area (Å²) in [7, 11) is -1.93. The van der Waals surface area contributed by atoms with E-state index in [4.69, 9.17) is 4.42 Å². The molecule has 0 N–H and O–H groups in total. The van der Waals surface area contributed by atoms with Gasteiger partial charge in [0.1, 0.15) is 13.7 Å². The molecule has 3 aliphatic rings. The van der Waals surface area contributed by atoms with Gasteiger partial charge in [0.05, 0.1) is 5.39 Å². The molecule has 5 heteroatoms. The number of furan rings is 1.